The van der Waals surface area contributed by atoms with Crippen LogP contribution in [0.4, 0.5) is 17.1 Å². The Labute approximate surface area is 229 Å². The summed E-state index contributed by atoms with van der Waals surface area (Å²) < 4.78 is 5.10. The number of ether oxygens (including phenoxy) is 1. The molecule has 0 aromatic heterocycles. The van der Waals surface area contributed by atoms with Crippen molar-refractivity contribution in [3.8, 4) is 0 Å². The minimum Gasteiger partial charge on any atom is -0.462 e. The van der Waals surface area contributed by atoms with Gasteiger partial charge in [0.1, 0.15) is 10.7 Å². The number of esters is 1. The SMILES string of the molecule is CCCOC(=O)c1ccc(N2C(=O)C(Cl)=C(Nc3cccc(C(=O)Nc4ccc(Cl)cc4C)c3)C2=O)cc1. The lowest BCUT2D eigenvalue weighted by molar-refractivity contribution is -0.120. The van der Waals surface area contributed by atoms with Crippen LogP contribution in [-0.4, -0.2) is 30.3 Å². The van der Waals surface area contributed by atoms with Crippen molar-refractivity contribution in [1.29, 1.82) is 0 Å². The van der Waals surface area contributed by atoms with E-state index in [2.05, 4.69) is 10.6 Å². The molecule has 0 fully saturated rings. The predicted molar refractivity (Wildman–Crippen MR) is 147 cm³/mol. The monoisotopic (exact) mass is 551 g/mol. The number of nitrogens with one attached hydrogen (secondary N) is 2. The Kier molecular flexibility index (Phi) is 8.14. The van der Waals surface area contributed by atoms with Crippen molar-refractivity contribution in [3.63, 3.8) is 0 Å². The summed E-state index contributed by atoms with van der Waals surface area (Å²) in [5.74, 6) is -2.25. The summed E-state index contributed by atoms with van der Waals surface area (Å²) in [6.07, 6.45) is 0.691. The average molecular weight is 552 g/mol. The van der Waals surface area contributed by atoms with Crippen LogP contribution >= 0.6 is 23.2 Å². The third kappa shape index (κ3) is 5.72. The van der Waals surface area contributed by atoms with E-state index in [0.29, 0.717) is 40.6 Å². The molecule has 0 unspecified atom stereocenters. The van der Waals surface area contributed by atoms with Crippen LogP contribution in [-0.2, 0) is 14.3 Å². The highest BCUT2D eigenvalue weighted by molar-refractivity contribution is 6.53. The molecule has 2 N–H and O–H groups in total. The van der Waals surface area contributed by atoms with E-state index in [1.165, 1.54) is 30.3 Å². The molecule has 1 aliphatic rings. The fourth-order valence-electron chi connectivity index (χ4n) is 3.71. The minimum atomic E-state index is -0.715. The van der Waals surface area contributed by atoms with Gasteiger partial charge in [-0.2, -0.15) is 0 Å². The van der Waals surface area contributed by atoms with E-state index in [0.717, 1.165) is 10.5 Å². The Morgan fingerprint density at radius 3 is 2.34 bits per heavy atom. The molecule has 1 aliphatic heterocycles. The molecule has 38 heavy (non-hydrogen) atoms. The van der Waals surface area contributed by atoms with Gasteiger partial charge < -0.3 is 15.4 Å². The van der Waals surface area contributed by atoms with Gasteiger partial charge in [-0.1, -0.05) is 36.2 Å². The van der Waals surface area contributed by atoms with Crippen molar-refractivity contribution in [1.82, 2.24) is 0 Å². The molecule has 3 aromatic carbocycles. The van der Waals surface area contributed by atoms with E-state index in [4.69, 9.17) is 27.9 Å². The van der Waals surface area contributed by atoms with Gasteiger partial charge in [-0.05, 0) is 79.6 Å². The predicted octanol–water partition coefficient (Wildman–Crippen LogP) is 5.90. The number of anilines is 3. The third-order valence-electron chi connectivity index (χ3n) is 5.66. The molecule has 0 saturated heterocycles. The van der Waals surface area contributed by atoms with Crippen molar-refractivity contribution in [2.75, 3.05) is 22.1 Å². The molecule has 1 heterocycles. The summed E-state index contributed by atoms with van der Waals surface area (Å²) in [4.78, 5) is 51.7. The Morgan fingerprint density at radius 1 is 0.921 bits per heavy atom. The highest BCUT2D eigenvalue weighted by atomic mass is 35.5. The minimum absolute atomic E-state index is 0.130. The normalized spacial score (nSPS) is 13.1. The van der Waals surface area contributed by atoms with Crippen LogP contribution in [0.5, 0.6) is 0 Å². The van der Waals surface area contributed by atoms with Crippen LogP contribution in [0.15, 0.2) is 77.5 Å². The van der Waals surface area contributed by atoms with Gasteiger partial charge in [0.2, 0.25) is 0 Å². The van der Waals surface area contributed by atoms with Gasteiger partial charge in [-0.3, -0.25) is 14.4 Å². The van der Waals surface area contributed by atoms with E-state index in [1.54, 1.807) is 36.4 Å². The Hall–Kier alpha value is -4.14. The molecule has 0 aliphatic carbocycles. The maximum absolute atomic E-state index is 13.1. The van der Waals surface area contributed by atoms with Gasteiger partial charge in [0.15, 0.2) is 0 Å². The smallest absolute Gasteiger partial charge is 0.338 e. The number of imide groups is 1. The quantitative estimate of drug-likeness (QED) is 0.266. The van der Waals surface area contributed by atoms with E-state index in [9.17, 15) is 19.2 Å². The van der Waals surface area contributed by atoms with Crippen LogP contribution in [0.3, 0.4) is 0 Å². The number of benzene rings is 3. The van der Waals surface area contributed by atoms with E-state index >= 15 is 0 Å². The largest absolute Gasteiger partial charge is 0.462 e. The molecule has 3 aromatic rings. The van der Waals surface area contributed by atoms with Crippen molar-refractivity contribution in [2.24, 2.45) is 0 Å². The molecule has 0 saturated carbocycles. The zero-order chi connectivity index (χ0) is 27.4. The molecule has 3 amide bonds. The first-order valence-corrected chi connectivity index (χ1v) is 12.5. The summed E-state index contributed by atoms with van der Waals surface area (Å²) in [6.45, 7) is 4.01. The van der Waals surface area contributed by atoms with Crippen molar-refractivity contribution in [3.05, 3.63) is 99.2 Å². The second-order valence-corrected chi connectivity index (χ2v) is 9.25. The molecule has 0 atom stereocenters. The van der Waals surface area contributed by atoms with Crippen molar-refractivity contribution >= 4 is 64.0 Å². The van der Waals surface area contributed by atoms with Gasteiger partial charge >= 0.3 is 5.97 Å². The number of aryl methyl sites for hydroxylation is 1. The number of amides is 3. The maximum Gasteiger partial charge on any atom is 0.338 e. The molecule has 194 valence electrons. The van der Waals surface area contributed by atoms with Crippen LogP contribution in [0.2, 0.25) is 5.02 Å². The number of nitrogens with zero attached hydrogens (tertiary/aromatic N) is 1. The van der Waals surface area contributed by atoms with E-state index < -0.39 is 17.8 Å². The lowest BCUT2D eigenvalue weighted by atomic mass is 10.1. The fraction of sp³-hybridized carbons (Fsp3) is 0.143. The fourth-order valence-corrected chi connectivity index (χ4v) is 4.15. The Morgan fingerprint density at radius 2 is 1.66 bits per heavy atom. The zero-order valence-electron chi connectivity index (χ0n) is 20.5. The standard InChI is InChI=1S/C28H23Cl2N3O5/c1-3-13-38-28(37)17-7-10-21(11-8-17)33-26(35)23(30)24(27(33)36)31-20-6-4-5-18(15-20)25(34)32-22-12-9-19(29)14-16(22)2/h4-12,14-15,31H,3,13H2,1-2H3,(H,32,34). The van der Waals surface area contributed by atoms with Crippen LogP contribution in [0.1, 0.15) is 39.6 Å². The number of carbonyl (C=O) groups excluding carboxylic acids is 4. The van der Waals surface area contributed by atoms with Crippen LogP contribution < -0.4 is 15.5 Å². The summed E-state index contributed by atoms with van der Waals surface area (Å²) >= 11 is 12.2. The van der Waals surface area contributed by atoms with E-state index in [-0.39, 0.29) is 22.3 Å². The number of halogens is 2. The first-order chi connectivity index (χ1) is 18.2. The van der Waals surface area contributed by atoms with Crippen molar-refractivity contribution < 1.29 is 23.9 Å². The second-order valence-electron chi connectivity index (χ2n) is 8.44. The maximum atomic E-state index is 13.1. The number of hydrogen-bond acceptors (Lipinski definition) is 6. The van der Waals surface area contributed by atoms with Crippen molar-refractivity contribution in [2.45, 2.75) is 20.3 Å². The summed E-state index contributed by atoms with van der Waals surface area (Å²) in [5.41, 5.74) is 2.53. The second kappa shape index (κ2) is 11.5. The lowest BCUT2D eigenvalue weighted by Gasteiger charge is -2.16. The number of carbonyl (C=O) groups is 4. The zero-order valence-corrected chi connectivity index (χ0v) is 22.0. The molecule has 0 bridgehead atoms. The molecule has 0 spiro atoms. The van der Waals surface area contributed by atoms with Gasteiger partial charge in [0, 0.05) is 22.0 Å². The number of rotatable bonds is 8. The molecule has 10 heteroatoms. The first kappa shape index (κ1) is 26.9. The summed E-state index contributed by atoms with van der Waals surface area (Å²) in [7, 11) is 0. The highest BCUT2D eigenvalue weighted by Gasteiger charge is 2.39. The van der Waals surface area contributed by atoms with Gasteiger partial charge in [-0.25, -0.2) is 9.69 Å². The molecule has 0 radical (unpaired) electrons. The molecule has 8 nitrogen and oxygen atoms in total. The highest BCUT2D eigenvalue weighted by Crippen LogP contribution is 2.30. The topological polar surface area (TPSA) is 105 Å². The van der Waals surface area contributed by atoms with Crippen LogP contribution in [0, 0.1) is 6.92 Å². The summed E-state index contributed by atoms with van der Waals surface area (Å²) in [6, 6.07) is 17.4. The van der Waals surface area contributed by atoms with Gasteiger partial charge in [-0.15, -0.1) is 0 Å². The molecule has 4 rings (SSSR count). The summed E-state index contributed by atoms with van der Waals surface area (Å²) in [5, 5.41) is 5.96. The molecular weight excluding hydrogens is 529 g/mol. The third-order valence-corrected chi connectivity index (χ3v) is 6.24. The van der Waals surface area contributed by atoms with Crippen LogP contribution in [0.25, 0.3) is 0 Å². The lowest BCUT2D eigenvalue weighted by Crippen LogP contribution is -2.32. The number of hydrogen-bond donors (Lipinski definition) is 2. The van der Waals surface area contributed by atoms with E-state index in [1.807, 2.05) is 13.8 Å². The first-order valence-electron chi connectivity index (χ1n) is 11.7. The Bertz CT molecular complexity index is 1470. The Balaban J connectivity index is 1.49. The molecular formula is C28H23Cl2N3O5. The average Bonchev–Trinajstić information content (AvgIpc) is 3.12. The van der Waals surface area contributed by atoms with Gasteiger partial charge in [0.05, 0.1) is 17.9 Å². The van der Waals surface area contributed by atoms with Gasteiger partial charge in [0.25, 0.3) is 17.7 Å².